The summed E-state index contributed by atoms with van der Waals surface area (Å²) >= 11 is 0. The summed E-state index contributed by atoms with van der Waals surface area (Å²) in [7, 11) is 0. The maximum atomic E-state index is 13.0. The van der Waals surface area contributed by atoms with Crippen LogP contribution in [-0.4, -0.2) is 23.8 Å². The SMILES string of the molecule is CCOC(=O)C(O)C(C)c1cc(F)cc(F)c1. The first-order valence-electron chi connectivity index (χ1n) is 5.26. The van der Waals surface area contributed by atoms with Crippen molar-refractivity contribution in [1.29, 1.82) is 0 Å². The predicted molar refractivity (Wildman–Crippen MR) is 57.4 cm³/mol. The van der Waals surface area contributed by atoms with Crippen molar-refractivity contribution in [2.75, 3.05) is 6.61 Å². The molecule has 0 fully saturated rings. The molecule has 0 aliphatic heterocycles. The first kappa shape index (κ1) is 13.6. The van der Waals surface area contributed by atoms with Crippen LogP contribution in [0.25, 0.3) is 0 Å². The maximum Gasteiger partial charge on any atom is 0.335 e. The summed E-state index contributed by atoms with van der Waals surface area (Å²) in [6.45, 7) is 3.24. The van der Waals surface area contributed by atoms with Gasteiger partial charge < -0.3 is 9.84 Å². The van der Waals surface area contributed by atoms with E-state index in [1.54, 1.807) is 6.92 Å². The molecule has 0 saturated heterocycles. The number of aliphatic hydroxyl groups is 1. The minimum absolute atomic E-state index is 0.139. The van der Waals surface area contributed by atoms with Crippen molar-refractivity contribution in [2.24, 2.45) is 0 Å². The lowest BCUT2D eigenvalue weighted by atomic mass is 9.95. The van der Waals surface area contributed by atoms with Crippen molar-refractivity contribution in [3.05, 3.63) is 35.4 Å². The fourth-order valence-corrected chi connectivity index (χ4v) is 1.45. The molecular formula is C12H14F2O3. The summed E-state index contributed by atoms with van der Waals surface area (Å²) in [5, 5.41) is 9.63. The van der Waals surface area contributed by atoms with Gasteiger partial charge in [-0.15, -0.1) is 0 Å². The second-order valence-electron chi connectivity index (χ2n) is 3.69. The highest BCUT2D eigenvalue weighted by molar-refractivity contribution is 5.75. The second kappa shape index (κ2) is 5.72. The Morgan fingerprint density at radius 3 is 2.35 bits per heavy atom. The number of hydrogen-bond acceptors (Lipinski definition) is 3. The second-order valence-corrected chi connectivity index (χ2v) is 3.69. The Hall–Kier alpha value is -1.49. The molecule has 0 heterocycles. The summed E-state index contributed by atoms with van der Waals surface area (Å²) in [5.74, 6) is -3.03. The van der Waals surface area contributed by atoms with Gasteiger partial charge in [0.1, 0.15) is 11.6 Å². The molecule has 0 aromatic heterocycles. The zero-order chi connectivity index (χ0) is 13.0. The zero-order valence-corrected chi connectivity index (χ0v) is 9.61. The summed E-state index contributed by atoms with van der Waals surface area (Å²) < 4.78 is 30.6. The van der Waals surface area contributed by atoms with E-state index in [0.29, 0.717) is 0 Å². The van der Waals surface area contributed by atoms with Crippen molar-refractivity contribution in [3.63, 3.8) is 0 Å². The summed E-state index contributed by atoms with van der Waals surface area (Å²) in [4.78, 5) is 11.3. The Bertz CT molecular complexity index is 386. The molecule has 1 aromatic carbocycles. The van der Waals surface area contributed by atoms with Crippen LogP contribution >= 0.6 is 0 Å². The highest BCUT2D eigenvalue weighted by Gasteiger charge is 2.25. The highest BCUT2D eigenvalue weighted by Crippen LogP contribution is 2.22. The van der Waals surface area contributed by atoms with Crippen molar-refractivity contribution < 1.29 is 23.4 Å². The van der Waals surface area contributed by atoms with Crippen LogP contribution in [0.3, 0.4) is 0 Å². The molecule has 2 atom stereocenters. The molecule has 2 unspecified atom stereocenters. The van der Waals surface area contributed by atoms with E-state index < -0.39 is 29.6 Å². The van der Waals surface area contributed by atoms with Gasteiger partial charge in [-0.3, -0.25) is 0 Å². The Morgan fingerprint density at radius 2 is 1.88 bits per heavy atom. The molecule has 0 amide bonds. The van der Waals surface area contributed by atoms with Crippen LogP contribution in [0, 0.1) is 11.6 Å². The summed E-state index contributed by atoms with van der Waals surface area (Å²) in [6, 6.07) is 2.89. The Kier molecular flexibility index (Phi) is 4.57. The van der Waals surface area contributed by atoms with Gasteiger partial charge in [-0.1, -0.05) is 6.92 Å². The van der Waals surface area contributed by atoms with Crippen LogP contribution in [0.1, 0.15) is 25.3 Å². The van der Waals surface area contributed by atoms with E-state index in [4.69, 9.17) is 0 Å². The average Bonchev–Trinajstić information content (AvgIpc) is 2.26. The third-order valence-electron chi connectivity index (χ3n) is 2.41. The average molecular weight is 244 g/mol. The van der Waals surface area contributed by atoms with Crippen molar-refractivity contribution in [1.82, 2.24) is 0 Å². The first-order valence-corrected chi connectivity index (χ1v) is 5.26. The monoisotopic (exact) mass is 244 g/mol. The first-order chi connectivity index (χ1) is 7.95. The fourth-order valence-electron chi connectivity index (χ4n) is 1.45. The highest BCUT2D eigenvalue weighted by atomic mass is 19.1. The lowest BCUT2D eigenvalue weighted by Gasteiger charge is -2.17. The van der Waals surface area contributed by atoms with Crippen molar-refractivity contribution >= 4 is 5.97 Å². The summed E-state index contributed by atoms with van der Waals surface area (Å²) in [6.07, 6.45) is -1.43. The van der Waals surface area contributed by atoms with E-state index in [-0.39, 0.29) is 12.2 Å². The molecule has 17 heavy (non-hydrogen) atoms. The Morgan fingerprint density at radius 1 is 1.35 bits per heavy atom. The number of esters is 1. The minimum Gasteiger partial charge on any atom is -0.464 e. The number of benzene rings is 1. The number of carbonyl (C=O) groups is 1. The number of hydrogen-bond donors (Lipinski definition) is 1. The molecule has 1 rings (SSSR count). The predicted octanol–water partition coefficient (Wildman–Crippen LogP) is 1.99. The Labute approximate surface area is 98.0 Å². The largest absolute Gasteiger partial charge is 0.464 e. The number of aliphatic hydroxyl groups excluding tert-OH is 1. The molecule has 94 valence electrons. The molecule has 1 N–H and O–H groups in total. The van der Waals surface area contributed by atoms with Gasteiger partial charge in [0.25, 0.3) is 0 Å². The molecule has 0 spiro atoms. The molecule has 3 nitrogen and oxygen atoms in total. The van der Waals surface area contributed by atoms with Crippen LogP contribution in [0.15, 0.2) is 18.2 Å². The van der Waals surface area contributed by atoms with Gasteiger partial charge in [-0.2, -0.15) is 0 Å². The minimum atomic E-state index is -1.43. The number of ether oxygens (including phenoxy) is 1. The Balaban J connectivity index is 2.87. The van der Waals surface area contributed by atoms with Gasteiger partial charge in [-0.25, -0.2) is 13.6 Å². The maximum absolute atomic E-state index is 13.0. The lowest BCUT2D eigenvalue weighted by Crippen LogP contribution is -2.28. The molecule has 0 aliphatic carbocycles. The van der Waals surface area contributed by atoms with Gasteiger partial charge in [0, 0.05) is 12.0 Å². The van der Waals surface area contributed by atoms with E-state index in [1.807, 2.05) is 0 Å². The van der Waals surface area contributed by atoms with Crippen LogP contribution in [-0.2, 0) is 9.53 Å². The van der Waals surface area contributed by atoms with E-state index in [0.717, 1.165) is 18.2 Å². The van der Waals surface area contributed by atoms with E-state index in [2.05, 4.69) is 4.74 Å². The molecule has 0 radical (unpaired) electrons. The van der Waals surface area contributed by atoms with Gasteiger partial charge >= 0.3 is 5.97 Å². The van der Waals surface area contributed by atoms with Gasteiger partial charge in [0.15, 0.2) is 6.10 Å². The normalized spacial score (nSPS) is 14.2. The number of rotatable bonds is 4. The standard InChI is InChI=1S/C12H14F2O3/c1-3-17-12(16)11(15)7(2)8-4-9(13)6-10(14)5-8/h4-7,11,15H,3H2,1-2H3. The molecular weight excluding hydrogens is 230 g/mol. The molecule has 0 bridgehead atoms. The van der Waals surface area contributed by atoms with Crippen LogP contribution in [0.4, 0.5) is 8.78 Å². The number of carbonyl (C=O) groups excluding carboxylic acids is 1. The molecule has 0 saturated carbocycles. The molecule has 0 aliphatic rings. The van der Waals surface area contributed by atoms with Gasteiger partial charge in [-0.05, 0) is 24.6 Å². The third-order valence-corrected chi connectivity index (χ3v) is 2.41. The fraction of sp³-hybridized carbons (Fsp3) is 0.417. The van der Waals surface area contributed by atoms with Crippen molar-refractivity contribution in [3.8, 4) is 0 Å². The van der Waals surface area contributed by atoms with Gasteiger partial charge in [0.2, 0.25) is 0 Å². The quantitative estimate of drug-likeness (QED) is 0.824. The third kappa shape index (κ3) is 3.49. The van der Waals surface area contributed by atoms with E-state index in [1.165, 1.54) is 6.92 Å². The zero-order valence-electron chi connectivity index (χ0n) is 9.61. The smallest absolute Gasteiger partial charge is 0.335 e. The number of halogens is 2. The summed E-state index contributed by atoms with van der Waals surface area (Å²) in [5.41, 5.74) is 0.211. The van der Waals surface area contributed by atoms with E-state index >= 15 is 0 Å². The van der Waals surface area contributed by atoms with E-state index in [9.17, 15) is 18.7 Å². The molecule has 5 heteroatoms. The lowest BCUT2D eigenvalue weighted by molar-refractivity contribution is -0.154. The topological polar surface area (TPSA) is 46.5 Å². The van der Waals surface area contributed by atoms with Crippen LogP contribution in [0.5, 0.6) is 0 Å². The molecule has 1 aromatic rings. The van der Waals surface area contributed by atoms with Crippen LogP contribution < -0.4 is 0 Å². The van der Waals surface area contributed by atoms with Crippen LogP contribution in [0.2, 0.25) is 0 Å². The van der Waals surface area contributed by atoms with Gasteiger partial charge in [0.05, 0.1) is 6.61 Å². The van der Waals surface area contributed by atoms with Crippen molar-refractivity contribution in [2.45, 2.75) is 25.9 Å².